The van der Waals surface area contributed by atoms with E-state index in [9.17, 15) is 22.8 Å². The zero-order valence-corrected chi connectivity index (χ0v) is 16.8. The molecule has 2 fully saturated rings. The van der Waals surface area contributed by atoms with Crippen LogP contribution in [0, 0.1) is 5.92 Å². The van der Waals surface area contributed by atoms with Gasteiger partial charge in [0.15, 0.2) is 11.5 Å². The molecule has 2 aliphatic rings. The summed E-state index contributed by atoms with van der Waals surface area (Å²) in [5, 5.41) is 11.1. The molecule has 0 spiro atoms. The van der Waals surface area contributed by atoms with Crippen LogP contribution in [-0.4, -0.2) is 74.9 Å². The van der Waals surface area contributed by atoms with Crippen LogP contribution in [0.4, 0.5) is 13.2 Å². The number of hydrogen-bond acceptors (Lipinski definition) is 6. The van der Waals surface area contributed by atoms with Gasteiger partial charge in [0.2, 0.25) is 11.8 Å². The van der Waals surface area contributed by atoms with Crippen molar-refractivity contribution < 1.29 is 27.5 Å². The third kappa shape index (κ3) is 4.06. The predicted molar refractivity (Wildman–Crippen MR) is 101 cm³/mol. The number of nitrogens with zero attached hydrogens (tertiary/aromatic N) is 6. The molecular weight excluding hydrogens is 417 g/mol. The molecule has 0 radical (unpaired) electrons. The van der Waals surface area contributed by atoms with Crippen molar-refractivity contribution in [2.45, 2.75) is 25.4 Å². The Kier molecular flexibility index (Phi) is 5.54. The van der Waals surface area contributed by atoms with E-state index in [0.29, 0.717) is 17.8 Å². The highest BCUT2D eigenvalue weighted by atomic mass is 19.4. The molecule has 1 aliphatic heterocycles. The maximum absolute atomic E-state index is 13.8. The number of alkyl halides is 3. The lowest BCUT2D eigenvalue weighted by Crippen LogP contribution is -2.52. The molecule has 9 nitrogen and oxygen atoms in total. The van der Waals surface area contributed by atoms with E-state index in [1.807, 2.05) is 0 Å². The first-order chi connectivity index (χ1) is 14.8. The Morgan fingerprint density at radius 1 is 1.06 bits per heavy atom. The number of ether oxygens (including phenoxy) is 1. The van der Waals surface area contributed by atoms with Crippen LogP contribution >= 0.6 is 0 Å². The molecule has 0 bridgehead atoms. The number of piperazine rings is 1. The number of carbonyl (C=O) groups is 2. The van der Waals surface area contributed by atoms with E-state index in [1.165, 1.54) is 24.1 Å². The van der Waals surface area contributed by atoms with Gasteiger partial charge >= 0.3 is 6.18 Å². The number of aromatic nitrogens is 4. The van der Waals surface area contributed by atoms with Crippen LogP contribution < -0.4 is 4.74 Å². The monoisotopic (exact) mass is 438 g/mol. The maximum Gasteiger partial charge on any atom is 0.434 e. The number of methoxy groups -OCH3 is 1. The second-order valence-electron chi connectivity index (χ2n) is 7.50. The van der Waals surface area contributed by atoms with Gasteiger partial charge in [-0.05, 0) is 18.9 Å². The first-order valence-electron chi connectivity index (χ1n) is 9.91. The summed E-state index contributed by atoms with van der Waals surface area (Å²) >= 11 is 0. The van der Waals surface area contributed by atoms with Gasteiger partial charge in [0.1, 0.15) is 0 Å². The summed E-state index contributed by atoms with van der Waals surface area (Å²) in [6.07, 6.45) is -1.16. The smallest absolute Gasteiger partial charge is 0.434 e. The standard InChI is InChI=1S/C19H21F3N6O3/c1-31-15-6-5-14(24-25-15)28-16(19(20,21)22)13(11-23-28)18(30)27-9-7-26(8-10-27)17(29)12-3-2-4-12/h5-6,11-12H,2-4,7-10H2,1H3. The highest BCUT2D eigenvalue weighted by Gasteiger charge is 2.42. The fourth-order valence-corrected chi connectivity index (χ4v) is 3.70. The van der Waals surface area contributed by atoms with Gasteiger partial charge in [-0.25, -0.2) is 4.68 Å². The molecule has 31 heavy (non-hydrogen) atoms. The number of carbonyl (C=O) groups excluding carboxylic acids is 2. The van der Waals surface area contributed by atoms with E-state index in [-0.39, 0.29) is 36.6 Å². The lowest BCUT2D eigenvalue weighted by Gasteiger charge is -2.38. The van der Waals surface area contributed by atoms with Gasteiger partial charge in [-0.3, -0.25) is 9.59 Å². The molecule has 1 aliphatic carbocycles. The van der Waals surface area contributed by atoms with E-state index in [4.69, 9.17) is 4.74 Å². The molecule has 12 heteroatoms. The zero-order chi connectivity index (χ0) is 22.2. The lowest BCUT2D eigenvalue weighted by molar-refractivity contribution is -0.143. The summed E-state index contributed by atoms with van der Waals surface area (Å²) in [6.45, 7) is 0.950. The van der Waals surface area contributed by atoms with Gasteiger partial charge in [0.05, 0.1) is 18.9 Å². The molecule has 0 unspecified atom stereocenters. The number of halogens is 3. The fraction of sp³-hybridized carbons (Fsp3) is 0.526. The van der Waals surface area contributed by atoms with Crippen LogP contribution in [0.3, 0.4) is 0 Å². The summed E-state index contributed by atoms with van der Waals surface area (Å²) in [7, 11) is 1.36. The van der Waals surface area contributed by atoms with Crippen molar-refractivity contribution >= 4 is 11.8 Å². The zero-order valence-electron chi connectivity index (χ0n) is 16.8. The third-order valence-electron chi connectivity index (χ3n) is 5.65. The second kappa shape index (κ2) is 8.16. The van der Waals surface area contributed by atoms with Crippen molar-refractivity contribution in [1.29, 1.82) is 0 Å². The number of amides is 2. The Balaban J connectivity index is 1.54. The Bertz CT molecular complexity index is 963. The first kappa shape index (κ1) is 21.1. The molecule has 0 aromatic carbocycles. The normalized spacial score (nSPS) is 17.4. The average molecular weight is 438 g/mol. The molecule has 0 N–H and O–H groups in total. The van der Waals surface area contributed by atoms with E-state index >= 15 is 0 Å². The lowest BCUT2D eigenvalue weighted by atomic mass is 9.84. The molecule has 1 saturated carbocycles. The van der Waals surface area contributed by atoms with Gasteiger partial charge in [0.25, 0.3) is 5.91 Å². The van der Waals surface area contributed by atoms with Crippen LogP contribution in [0.5, 0.6) is 5.88 Å². The van der Waals surface area contributed by atoms with Gasteiger partial charge in [0, 0.05) is 38.2 Å². The van der Waals surface area contributed by atoms with E-state index < -0.39 is 23.3 Å². The Morgan fingerprint density at radius 2 is 1.74 bits per heavy atom. The van der Waals surface area contributed by atoms with Gasteiger partial charge < -0.3 is 14.5 Å². The van der Waals surface area contributed by atoms with Crippen molar-refractivity contribution in [2.75, 3.05) is 33.3 Å². The number of rotatable bonds is 4. The molecule has 2 aromatic rings. The average Bonchev–Trinajstić information content (AvgIpc) is 3.18. The van der Waals surface area contributed by atoms with E-state index in [1.54, 1.807) is 4.90 Å². The van der Waals surface area contributed by atoms with Crippen LogP contribution in [0.15, 0.2) is 18.3 Å². The Hall–Kier alpha value is -3.18. The molecule has 1 saturated heterocycles. The van der Waals surface area contributed by atoms with Gasteiger partial charge in [-0.15, -0.1) is 10.2 Å². The summed E-state index contributed by atoms with van der Waals surface area (Å²) < 4.78 is 47.0. The summed E-state index contributed by atoms with van der Waals surface area (Å²) in [5.74, 6) is -0.725. The molecule has 166 valence electrons. The van der Waals surface area contributed by atoms with Crippen molar-refractivity contribution in [3.8, 4) is 11.7 Å². The summed E-state index contributed by atoms with van der Waals surface area (Å²) in [5.41, 5.74) is -1.78. The largest absolute Gasteiger partial charge is 0.480 e. The van der Waals surface area contributed by atoms with Crippen LogP contribution in [0.25, 0.3) is 5.82 Å². The van der Waals surface area contributed by atoms with E-state index in [0.717, 1.165) is 25.5 Å². The quantitative estimate of drug-likeness (QED) is 0.723. The molecule has 2 amide bonds. The SMILES string of the molecule is COc1ccc(-n2ncc(C(=O)N3CCN(C(=O)C4CCC4)CC3)c2C(F)(F)F)nn1. The van der Waals surface area contributed by atoms with E-state index in [2.05, 4.69) is 15.3 Å². The first-order valence-corrected chi connectivity index (χ1v) is 9.91. The maximum atomic E-state index is 13.8. The Labute approximate surface area is 175 Å². The van der Waals surface area contributed by atoms with Gasteiger partial charge in [-0.1, -0.05) is 6.42 Å². The van der Waals surface area contributed by atoms with Crippen LogP contribution in [-0.2, 0) is 11.0 Å². The fourth-order valence-electron chi connectivity index (χ4n) is 3.70. The molecule has 0 atom stereocenters. The van der Waals surface area contributed by atoms with Crippen LogP contribution in [0.2, 0.25) is 0 Å². The molecule has 2 aromatic heterocycles. The minimum Gasteiger partial charge on any atom is -0.480 e. The molecule has 4 rings (SSSR count). The minimum atomic E-state index is -4.84. The van der Waals surface area contributed by atoms with Crippen molar-refractivity contribution in [3.63, 3.8) is 0 Å². The van der Waals surface area contributed by atoms with Gasteiger partial charge in [-0.2, -0.15) is 18.3 Å². The summed E-state index contributed by atoms with van der Waals surface area (Å²) in [6, 6.07) is 2.62. The topological polar surface area (TPSA) is 93.5 Å². The van der Waals surface area contributed by atoms with Crippen molar-refractivity contribution in [2.24, 2.45) is 5.92 Å². The van der Waals surface area contributed by atoms with Crippen molar-refractivity contribution in [1.82, 2.24) is 29.8 Å². The predicted octanol–water partition coefficient (Wildman–Crippen LogP) is 1.77. The minimum absolute atomic E-state index is 0.0444. The Morgan fingerprint density at radius 3 is 2.26 bits per heavy atom. The second-order valence-corrected chi connectivity index (χ2v) is 7.50. The highest BCUT2D eigenvalue weighted by Crippen LogP contribution is 2.34. The summed E-state index contributed by atoms with van der Waals surface area (Å²) in [4.78, 5) is 28.3. The third-order valence-corrected chi connectivity index (χ3v) is 5.65. The number of hydrogen-bond donors (Lipinski definition) is 0. The van der Waals surface area contributed by atoms with Crippen LogP contribution in [0.1, 0.15) is 35.3 Å². The molecular formula is C19H21F3N6O3. The highest BCUT2D eigenvalue weighted by molar-refractivity contribution is 5.95. The molecule has 3 heterocycles. The van der Waals surface area contributed by atoms with Crippen molar-refractivity contribution in [3.05, 3.63) is 29.6 Å².